The fourth-order valence-corrected chi connectivity index (χ4v) is 4.60. The van der Waals surface area contributed by atoms with Crippen LogP contribution in [0.3, 0.4) is 0 Å². The summed E-state index contributed by atoms with van der Waals surface area (Å²) in [4.78, 5) is 12.7. The zero-order valence-electron chi connectivity index (χ0n) is 14.7. The molecule has 1 aromatic carbocycles. The number of hydrogen-bond acceptors (Lipinski definition) is 7. The molecule has 0 radical (unpaired) electrons. The maximum absolute atomic E-state index is 12.5. The first-order valence-corrected chi connectivity index (χ1v) is 10.9. The fourth-order valence-electron chi connectivity index (χ4n) is 2.45. The predicted octanol–water partition coefficient (Wildman–Crippen LogP) is 3.70. The van der Waals surface area contributed by atoms with Crippen molar-refractivity contribution >= 4 is 32.2 Å². The average Bonchev–Trinajstić information content (AvgIpc) is 3.29. The third-order valence-electron chi connectivity index (χ3n) is 3.83. The minimum atomic E-state index is -3.58. The molecule has 9 heteroatoms. The van der Waals surface area contributed by atoms with E-state index in [-0.39, 0.29) is 16.4 Å². The zero-order chi connectivity index (χ0) is 19.3. The second-order valence-electron chi connectivity index (χ2n) is 5.91. The molecule has 142 valence electrons. The molecule has 2 aromatic heterocycles. The van der Waals surface area contributed by atoms with E-state index in [9.17, 15) is 13.2 Å². The molecule has 0 unspecified atom stereocenters. The van der Waals surface area contributed by atoms with Crippen LogP contribution < -0.4 is 5.32 Å². The number of hydrogen-bond donors (Lipinski definition) is 1. The van der Waals surface area contributed by atoms with Crippen LogP contribution in [-0.4, -0.2) is 24.5 Å². The molecule has 0 aliphatic heterocycles. The third-order valence-corrected chi connectivity index (χ3v) is 6.41. The molecule has 0 bridgehead atoms. The van der Waals surface area contributed by atoms with Crippen molar-refractivity contribution in [3.05, 3.63) is 59.0 Å². The summed E-state index contributed by atoms with van der Waals surface area (Å²) in [5.74, 6) is -0.912. The number of aryl methyl sites for hydroxylation is 1. The second-order valence-corrected chi connectivity index (χ2v) is 8.96. The number of carbonyl (C=O) groups is 1. The smallest absolute Gasteiger partial charge is 0.293 e. The molecular formula is C18H19N3O4S2. The van der Waals surface area contributed by atoms with Gasteiger partial charge in [-0.1, -0.05) is 42.9 Å². The molecule has 3 aromatic rings. The molecular weight excluding hydrogens is 386 g/mol. The number of aromatic nitrogens is 2. The lowest BCUT2D eigenvalue weighted by atomic mass is 10.3. The van der Waals surface area contributed by atoms with Gasteiger partial charge in [-0.3, -0.25) is 10.1 Å². The number of nitrogens with one attached hydrogen (secondary N) is 1. The molecule has 2 heterocycles. The summed E-state index contributed by atoms with van der Waals surface area (Å²) in [6.07, 6.45) is 4.16. The van der Waals surface area contributed by atoms with Crippen LogP contribution >= 0.6 is 11.3 Å². The number of amides is 1. The number of sulfone groups is 1. The number of benzene rings is 1. The lowest BCUT2D eigenvalue weighted by molar-refractivity contribution is 0.0995. The van der Waals surface area contributed by atoms with Gasteiger partial charge >= 0.3 is 0 Å². The van der Waals surface area contributed by atoms with Gasteiger partial charge in [0.15, 0.2) is 15.6 Å². The minimum absolute atomic E-state index is 0.0418. The highest BCUT2D eigenvalue weighted by atomic mass is 32.2. The van der Waals surface area contributed by atoms with Gasteiger partial charge in [-0.05, 0) is 24.6 Å². The Labute approximate surface area is 161 Å². The first-order valence-electron chi connectivity index (χ1n) is 8.47. The largest absolute Gasteiger partial charge is 0.459 e. The highest BCUT2D eigenvalue weighted by molar-refractivity contribution is 7.90. The molecule has 1 N–H and O–H groups in total. The van der Waals surface area contributed by atoms with E-state index >= 15 is 0 Å². The molecule has 0 atom stereocenters. The maximum Gasteiger partial charge on any atom is 0.293 e. The first-order chi connectivity index (χ1) is 13.0. The summed E-state index contributed by atoms with van der Waals surface area (Å²) < 4.78 is 30.3. The number of carbonyl (C=O) groups excluding carboxylic acids is 1. The molecule has 27 heavy (non-hydrogen) atoms. The lowest BCUT2D eigenvalue weighted by Crippen LogP contribution is -2.14. The van der Waals surface area contributed by atoms with E-state index in [1.807, 2.05) is 0 Å². The number of furan rings is 1. The Morgan fingerprint density at radius 1 is 1.19 bits per heavy atom. The summed E-state index contributed by atoms with van der Waals surface area (Å²) in [6, 6.07) is 9.58. The molecule has 7 nitrogen and oxygen atoms in total. The van der Waals surface area contributed by atoms with Crippen molar-refractivity contribution in [3.63, 3.8) is 0 Å². The minimum Gasteiger partial charge on any atom is -0.459 e. The van der Waals surface area contributed by atoms with Gasteiger partial charge in [0.1, 0.15) is 5.01 Å². The molecule has 0 spiro atoms. The van der Waals surface area contributed by atoms with Gasteiger partial charge in [-0.2, -0.15) is 0 Å². The second kappa shape index (κ2) is 8.45. The Morgan fingerprint density at radius 2 is 1.96 bits per heavy atom. The Kier molecular flexibility index (Phi) is 6.02. The SMILES string of the molecule is CCCCc1nnc(NC(=O)c2occc2CS(=O)(=O)c2ccccc2)s1. The zero-order valence-corrected chi connectivity index (χ0v) is 16.3. The Balaban J connectivity index is 1.73. The summed E-state index contributed by atoms with van der Waals surface area (Å²) in [5, 5.41) is 11.8. The molecule has 1 amide bonds. The van der Waals surface area contributed by atoms with E-state index in [1.54, 1.807) is 18.2 Å². The fraction of sp³-hybridized carbons (Fsp3) is 0.278. The van der Waals surface area contributed by atoms with Crippen LogP contribution in [0.1, 0.15) is 40.9 Å². The summed E-state index contributed by atoms with van der Waals surface area (Å²) in [5.41, 5.74) is 0.298. The quantitative estimate of drug-likeness (QED) is 0.613. The molecule has 0 saturated heterocycles. The van der Waals surface area contributed by atoms with Crippen molar-refractivity contribution in [2.24, 2.45) is 0 Å². The molecule has 3 rings (SSSR count). The van der Waals surface area contributed by atoms with Crippen molar-refractivity contribution in [1.82, 2.24) is 10.2 Å². The Morgan fingerprint density at radius 3 is 2.70 bits per heavy atom. The van der Waals surface area contributed by atoms with Gasteiger partial charge in [0.25, 0.3) is 5.91 Å². The lowest BCUT2D eigenvalue weighted by Gasteiger charge is -2.05. The van der Waals surface area contributed by atoms with Crippen LogP contribution in [0, 0.1) is 0 Å². The van der Waals surface area contributed by atoms with E-state index in [0.717, 1.165) is 24.3 Å². The summed E-state index contributed by atoms with van der Waals surface area (Å²) >= 11 is 1.30. The van der Waals surface area contributed by atoms with E-state index in [1.165, 1.54) is 35.8 Å². The topological polar surface area (TPSA) is 102 Å². The standard InChI is InChI=1S/C18H19N3O4S2/c1-2-3-9-15-20-21-18(26-15)19-17(22)16-13(10-11-25-16)12-27(23,24)14-7-5-4-6-8-14/h4-8,10-11H,2-3,9,12H2,1H3,(H,19,21,22). The van der Waals surface area contributed by atoms with Crippen molar-refractivity contribution in [2.45, 2.75) is 36.8 Å². The van der Waals surface area contributed by atoms with Gasteiger partial charge < -0.3 is 4.42 Å². The molecule has 0 fully saturated rings. The van der Waals surface area contributed by atoms with Gasteiger partial charge in [0.05, 0.1) is 16.9 Å². The number of rotatable bonds is 8. The van der Waals surface area contributed by atoms with Crippen LogP contribution in [0.4, 0.5) is 5.13 Å². The first kappa shape index (κ1) is 19.2. The van der Waals surface area contributed by atoms with Crippen LogP contribution in [0.15, 0.2) is 52.0 Å². The van der Waals surface area contributed by atoms with E-state index in [2.05, 4.69) is 22.4 Å². The summed E-state index contributed by atoms with van der Waals surface area (Å²) in [6.45, 7) is 2.09. The van der Waals surface area contributed by atoms with E-state index in [4.69, 9.17) is 4.42 Å². The van der Waals surface area contributed by atoms with Crippen LogP contribution in [-0.2, 0) is 22.0 Å². The van der Waals surface area contributed by atoms with Crippen molar-refractivity contribution in [1.29, 1.82) is 0 Å². The highest BCUT2D eigenvalue weighted by Crippen LogP contribution is 2.22. The molecule has 0 saturated carbocycles. The van der Waals surface area contributed by atoms with Crippen LogP contribution in [0.2, 0.25) is 0 Å². The predicted molar refractivity (Wildman–Crippen MR) is 103 cm³/mol. The van der Waals surface area contributed by atoms with Gasteiger partial charge in [-0.15, -0.1) is 10.2 Å². The maximum atomic E-state index is 12.5. The number of anilines is 1. The molecule has 0 aliphatic rings. The van der Waals surface area contributed by atoms with Crippen LogP contribution in [0.5, 0.6) is 0 Å². The average molecular weight is 406 g/mol. The van der Waals surface area contributed by atoms with E-state index in [0.29, 0.717) is 10.7 Å². The van der Waals surface area contributed by atoms with E-state index < -0.39 is 15.7 Å². The monoisotopic (exact) mass is 405 g/mol. The number of nitrogens with zero attached hydrogens (tertiary/aromatic N) is 2. The van der Waals surface area contributed by atoms with Crippen molar-refractivity contribution in [3.8, 4) is 0 Å². The van der Waals surface area contributed by atoms with Gasteiger partial charge in [-0.25, -0.2) is 8.42 Å². The highest BCUT2D eigenvalue weighted by Gasteiger charge is 2.23. The molecule has 0 aliphatic carbocycles. The summed E-state index contributed by atoms with van der Waals surface area (Å²) in [7, 11) is -3.58. The van der Waals surface area contributed by atoms with Crippen LogP contribution in [0.25, 0.3) is 0 Å². The van der Waals surface area contributed by atoms with Crippen molar-refractivity contribution in [2.75, 3.05) is 5.32 Å². The Bertz CT molecular complexity index is 1010. The van der Waals surface area contributed by atoms with Crippen molar-refractivity contribution < 1.29 is 17.6 Å². The third kappa shape index (κ3) is 4.81. The normalized spacial score (nSPS) is 11.4. The number of unbranched alkanes of at least 4 members (excludes halogenated alkanes) is 1. The van der Waals surface area contributed by atoms with Gasteiger partial charge in [0.2, 0.25) is 5.13 Å². The Hall–Kier alpha value is -2.52. The van der Waals surface area contributed by atoms with Gasteiger partial charge in [0, 0.05) is 12.0 Å².